The number of aryl methyl sites for hydroxylation is 1. The first-order valence-corrected chi connectivity index (χ1v) is 8.67. The predicted molar refractivity (Wildman–Crippen MR) is 82.6 cm³/mol. The van der Waals surface area contributed by atoms with Gasteiger partial charge in [0.1, 0.15) is 5.54 Å². The van der Waals surface area contributed by atoms with Gasteiger partial charge in [0.25, 0.3) is 0 Å². The van der Waals surface area contributed by atoms with Crippen LogP contribution in [-0.2, 0) is 10.0 Å². The van der Waals surface area contributed by atoms with Crippen LogP contribution in [0.5, 0.6) is 0 Å². The first kappa shape index (κ1) is 16.9. The van der Waals surface area contributed by atoms with Gasteiger partial charge in [-0.05, 0) is 25.6 Å². The lowest BCUT2D eigenvalue weighted by atomic mass is 9.98. The highest BCUT2D eigenvalue weighted by atomic mass is 32.2. The van der Waals surface area contributed by atoms with Crippen molar-refractivity contribution in [3.63, 3.8) is 0 Å². The van der Waals surface area contributed by atoms with Crippen LogP contribution in [0.1, 0.15) is 12.5 Å². The largest absolute Gasteiger partial charge is 0.393 e. The molecule has 0 radical (unpaired) electrons. The minimum Gasteiger partial charge on any atom is -0.393 e. The number of benzene rings is 1. The van der Waals surface area contributed by atoms with Gasteiger partial charge >= 0.3 is 0 Å². The third kappa shape index (κ3) is 2.88. The van der Waals surface area contributed by atoms with Gasteiger partial charge in [-0.15, -0.1) is 0 Å². The third-order valence-corrected chi connectivity index (χ3v) is 6.03. The van der Waals surface area contributed by atoms with E-state index in [9.17, 15) is 18.8 Å². The van der Waals surface area contributed by atoms with E-state index >= 15 is 0 Å². The highest BCUT2D eigenvalue weighted by Crippen LogP contribution is 2.26. The Kier molecular flexibility index (Phi) is 4.87. The summed E-state index contributed by atoms with van der Waals surface area (Å²) in [6.07, 6.45) is 0. The van der Waals surface area contributed by atoms with E-state index < -0.39 is 22.2 Å². The zero-order valence-electron chi connectivity index (χ0n) is 12.9. The van der Waals surface area contributed by atoms with E-state index in [1.807, 2.05) is 18.7 Å². The Balaban J connectivity index is 2.33. The number of nitrogens with zero attached hydrogens (tertiary/aromatic N) is 3. The van der Waals surface area contributed by atoms with Crippen molar-refractivity contribution in [2.24, 2.45) is 0 Å². The molecular weight excluding hydrogens is 302 g/mol. The van der Waals surface area contributed by atoms with Crippen molar-refractivity contribution >= 4 is 10.0 Å². The summed E-state index contributed by atoms with van der Waals surface area (Å²) in [5, 5.41) is 19.1. The van der Waals surface area contributed by atoms with Crippen LogP contribution in [0.25, 0.3) is 0 Å². The molecule has 1 aliphatic heterocycles. The maximum Gasteiger partial charge on any atom is 0.243 e. The lowest BCUT2D eigenvalue weighted by Gasteiger charge is -2.44. The minimum atomic E-state index is -3.66. The van der Waals surface area contributed by atoms with E-state index in [-0.39, 0.29) is 11.4 Å². The minimum absolute atomic E-state index is 0.0238. The van der Waals surface area contributed by atoms with E-state index in [1.165, 1.54) is 4.31 Å². The van der Waals surface area contributed by atoms with Crippen molar-refractivity contribution in [3.05, 3.63) is 29.8 Å². The molecule has 7 heteroatoms. The number of aliphatic hydroxyl groups excluding tert-OH is 1. The third-order valence-electron chi connectivity index (χ3n) is 4.17. The number of likely N-dealkylation sites (N-methyl/N-ethyl adjacent to an activating group) is 1. The van der Waals surface area contributed by atoms with Gasteiger partial charge in [-0.3, -0.25) is 4.90 Å². The second-order valence-electron chi connectivity index (χ2n) is 5.53. The maximum absolute atomic E-state index is 12.7. The summed E-state index contributed by atoms with van der Waals surface area (Å²) in [5.41, 5.74) is -0.193. The van der Waals surface area contributed by atoms with Gasteiger partial charge in [-0.2, -0.15) is 9.57 Å². The number of nitriles is 1. The molecule has 1 unspecified atom stereocenters. The summed E-state index contributed by atoms with van der Waals surface area (Å²) in [4.78, 5) is 2.04. The topological polar surface area (TPSA) is 84.6 Å². The van der Waals surface area contributed by atoms with Crippen molar-refractivity contribution in [1.82, 2.24) is 9.21 Å². The molecule has 1 aliphatic rings. The van der Waals surface area contributed by atoms with E-state index in [0.717, 1.165) is 5.56 Å². The van der Waals surface area contributed by atoms with Crippen LogP contribution in [-0.4, -0.2) is 61.1 Å². The van der Waals surface area contributed by atoms with Crippen molar-refractivity contribution in [2.45, 2.75) is 24.3 Å². The van der Waals surface area contributed by atoms with Gasteiger partial charge in [0.05, 0.1) is 17.6 Å². The number of aliphatic hydroxyl groups is 1. The molecule has 1 fully saturated rings. The molecule has 120 valence electrons. The predicted octanol–water partition coefficient (Wildman–Crippen LogP) is 0.576. The lowest BCUT2D eigenvalue weighted by Crippen LogP contribution is -2.64. The van der Waals surface area contributed by atoms with Crippen LogP contribution in [0.2, 0.25) is 0 Å². The van der Waals surface area contributed by atoms with Crippen molar-refractivity contribution in [2.75, 3.05) is 32.8 Å². The van der Waals surface area contributed by atoms with Crippen LogP contribution in [0.15, 0.2) is 29.2 Å². The second-order valence-corrected chi connectivity index (χ2v) is 7.47. The van der Waals surface area contributed by atoms with E-state index in [0.29, 0.717) is 19.6 Å². The summed E-state index contributed by atoms with van der Waals surface area (Å²) in [6, 6.07) is 8.74. The zero-order valence-corrected chi connectivity index (χ0v) is 13.7. The van der Waals surface area contributed by atoms with Gasteiger partial charge in [0, 0.05) is 19.6 Å². The molecular formula is C15H21N3O3S. The summed E-state index contributed by atoms with van der Waals surface area (Å²) in [6.45, 7) is 4.70. The number of hydrogen-bond donors (Lipinski definition) is 1. The van der Waals surface area contributed by atoms with Crippen molar-refractivity contribution < 1.29 is 13.5 Å². The van der Waals surface area contributed by atoms with Crippen molar-refractivity contribution in [3.8, 4) is 6.07 Å². The normalized spacial score (nSPS) is 24.1. The Bertz CT molecular complexity index is 666. The molecule has 0 aromatic heterocycles. The van der Waals surface area contributed by atoms with Crippen LogP contribution in [0.3, 0.4) is 0 Å². The van der Waals surface area contributed by atoms with Crippen LogP contribution in [0.4, 0.5) is 0 Å². The Hall–Kier alpha value is -1.46. The maximum atomic E-state index is 12.7. The van der Waals surface area contributed by atoms with E-state index in [2.05, 4.69) is 6.07 Å². The molecule has 1 aromatic carbocycles. The molecule has 2 rings (SSSR count). The molecule has 1 heterocycles. The molecule has 22 heavy (non-hydrogen) atoms. The van der Waals surface area contributed by atoms with Crippen molar-refractivity contribution in [1.29, 1.82) is 5.26 Å². The first-order valence-electron chi connectivity index (χ1n) is 7.23. The number of hydrogen-bond acceptors (Lipinski definition) is 5. The fourth-order valence-electron chi connectivity index (χ4n) is 2.73. The Labute approximate surface area is 131 Å². The summed E-state index contributed by atoms with van der Waals surface area (Å²) in [7, 11) is -3.66. The standard InChI is InChI=1S/C15H21N3O3S/c1-3-17-8-9-18(11-15(17,10-16)12-19)22(20,21)14-6-4-13(2)5-7-14/h4-7,19H,3,8-9,11-12H2,1-2H3. The van der Waals surface area contributed by atoms with Gasteiger partial charge in [-0.25, -0.2) is 8.42 Å². The van der Waals surface area contributed by atoms with Gasteiger partial charge < -0.3 is 5.11 Å². The van der Waals surface area contributed by atoms with Crippen LogP contribution < -0.4 is 0 Å². The highest BCUT2D eigenvalue weighted by Gasteiger charge is 2.44. The SMILES string of the molecule is CCN1CCN(S(=O)(=O)c2ccc(C)cc2)CC1(C#N)CO. The van der Waals surface area contributed by atoms with E-state index in [4.69, 9.17) is 0 Å². The van der Waals surface area contributed by atoms with Gasteiger partial charge in [0.2, 0.25) is 10.0 Å². The average molecular weight is 323 g/mol. The fraction of sp³-hybridized carbons (Fsp3) is 0.533. The Morgan fingerprint density at radius 2 is 1.95 bits per heavy atom. The molecule has 1 atom stereocenters. The smallest absolute Gasteiger partial charge is 0.243 e. The molecule has 6 nitrogen and oxygen atoms in total. The average Bonchev–Trinajstić information content (AvgIpc) is 2.54. The number of piperazine rings is 1. The summed E-state index contributed by atoms with van der Waals surface area (Å²) < 4.78 is 26.8. The Morgan fingerprint density at radius 1 is 1.32 bits per heavy atom. The highest BCUT2D eigenvalue weighted by molar-refractivity contribution is 7.89. The van der Waals surface area contributed by atoms with Gasteiger partial charge in [0.15, 0.2) is 0 Å². The number of rotatable bonds is 4. The van der Waals surface area contributed by atoms with Crippen LogP contribution in [0, 0.1) is 18.3 Å². The molecule has 1 saturated heterocycles. The summed E-state index contributed by atoms with van der Waals surface area (Å²) >= 11 is 0. The monoisotopic (exact) mass is 323 g/mol. The molecule has 1 aromatic rings. The van der Waals surface area contributed by atoms with Crippen LogP contribution >= 0.6 is 0 Å². The first-order chi connectivity index (χ1) is 10.4. The molecule has 0 aliphatic carbocycles. The molecule has 0 saturated carbocycles. The molecule has 0 amide bonds. The van der Waals surface area contributed by atoms with Gasteiger partial charge in [-0.1, -0.05) is 24.6 Å². The molecule has 1 N–H and O–H groups in total. The quantitative estimate of drug-likeness (QED) is 0.876. The fourth-order valence-corrected chi connectivity index (χ4v) is 4.22. The molecule has 0 spiro atoms. The number of sulfonamides is 1. The zero-order chi connectivity index (χ0) is 16.4. The lowest BCUT2D eigenvalue weighted by molar-refractivity contribution is 0.0276. The second kappa shape index (κ2) is 6.34. The Morgan fingerprint density at radius 3 is 2.45 bits per heavy atom. The van der Waals surface area contributed by atoms with E-state index in [1.54, 1.807) is 24.3 Å². The molecule has 0 bridgehead atoms. The summed E-state index contributed by atoms with van der Waals surface area (Å²) in [5.74, 6) is 0.